The summed E-state index contributed by atoms with van der Waals surface area (Å²) < 4.78 is 14.1. The highest BCUT2D eigenvalue weighted by atomic mass is 19.1. The molecular weight excluding hydrogens is 369 g/mol. The van der Waals surface area contributed by atoms with E-state index in [1.807, 2.05) is 46.2 Å². The highest BCUT2D eigenvalue weighted by Gasteiger charge is 2.41. The number of hydrogen-bond donors (Lipinski definition) is 0. The van der Waals surface area contributed by atoms with Gasteiger partial charge in [-0.25, -0.2) is 4.39 Å². The van der Waals surface area contributed by atoms with Gasteiger partial charge in [0.25, 0.3) is 0 Å². The molecule has 152 valence electrons. The Balaban J connectivity index is 1.48. The maximum Gasteiger partial charge on any atom is 0.228 e. The zero-order valence-corrected chi connectivity index (χ0v) is 16.6. The molecule has 2 heterocycles. The first-order valence-corrected chi connectivity index (χ1v) is 10.1. The van der Waals surface area contributed by atoms with Crippen LogP contribution in [-0.4, -0.2) is 54.8 Å². The lowest BCUT2D eigenvalue weighted by Gasteiger charge is -2.43. The number of hydrogen-bond acceptors (Lipinski definition) is 3. The van der Waals surface area contributed by atoms with E-state index in [2.05, 4.69) is 0 Å². The molecule has 2 aliphatic rings. The number of nitrogens with zero attached hydrogens (tertiary/aromatic N) is 3. The summed E-state index contributed by atoms with van der Waals surface area (Å²) in [4.78, 5) is 31.3. The van der Waals surface area contributed by atoms with Crippen molar-refractivity contribution >= 4 is 17.5 Å². The largest absolute Gasteiger partial charge is 0.366 e. The lowest BCUT2D eigenvalue weighted by Crippen LogP contribution is -2.53. The van der Waals surface area contributed by atoms with Gasteiger partial charge in [0, 0.05) is 39.6 Å². The van der Waals surface area contributed by atoms with Crippen LogP contribution in [0.5, 0.6) is 0 Å². The van der Waals surface area contributed by atoms with Gasteiger partial charge in [0.15, 0.2) is 0 Å². The number of likely N-dealkylation sites (tertiary alicyclic amines) is 1. The second kappa shape index (κ2) is 8.23. The molecular formula is C23H26FN3O2. The first-order valence-electron chi connectivity index (χ1n) is 10.1. The average Bonchev–Trinajstić information content (AvgIpc) is 2.76. The second-order valence-corrected chi connectivity index (χ2v) is 7.77. The van der Waals surface area contributed by atoms with Gasteiger partial charge in [0.1, 0.15) is 5.82 Å². The van der Waals surface area contributed by atoms with E-state index in [-0.39, 0.29) is 29.6 Å². The minimum absolute atomic E-state index is 0.0762. The van der Waals surface area contributed by atoms with Crippen LogP contribution in [0.25, 0.3) is 0 Å². The lowest BCUT2D eigenvalue weighted by molar-refractivity contribution is -0.146. The number of piperazine rings is 1. The Bertz CT molecular complexity index is 881. The van der Waals surface area contributed by atoms with Crippen molar-refractivity contribution in [2.75, 3.05) is 38.1 Å². The van der Waals surface area contributed by atoms with Crippen molar-refractivity contribution in [2.24, 2.45) is 5.92 Å². The SMILES string of the molecule is CN1C(=O)CC[C@H](C(=O)N2CCN(c3ccccc3F)CC2)[C@@H]1c1ccccc1. The number of carbonyl (C=O) groups is 2. The van der Waals surface area contributed by atoms with Gasteiger partial charge >= 0.3 is 0 Å². The summed E-state index contributed by atoms with van der Waals surface area (Å²) in [6.07, 6.45) is 0.959. The third kappa shape index (κ3) is 3.84. The van der Waals surface area contributed by atoms with Gasteiger partial charge in [-0.15, -0.1) is 0 Å². The number of amides is 2. The number of halogens is 1. The molecule has 2 aliphatic heterocycles. The molecule has 0 spiro atoms. The molecule has 2 saturated heterocycles. The molecule has 2 atom stereocenters. The van der Waals surface area contributed by atoms with Crippen LogP contribution in [0, 0.1) is 11.7 Å². The van der Waals surface area contributed by atoms with Crippen molar-refractivity contribution in [1.82, 2.24) is 9.80 Å². The number of carbonyl (C=O) groups excluding carboxylic acids is 2. The molecule has 0 unspecified atom stereocenters. The van der Waals surface area contributed by atoms with E-state index >= 15 is 0 Å². The maximum atomic E-state index is 14.1. The van der Waals surface area contributed by atoms with E-state index in [1.165, 1.54) is 6.07 Å². The Morgan fingerprint density at radius 1 is 0.966 bits per heavy atom. The number of para-hydroxylation sites is 1. The van der Waals surface area contributed by atoms with Gasteiger partial charge in [-0.3, -0.25) is 9.59 Å². The molecule has 2 fully saturated rings. The molecule has 0 radical (unpaired) electrons. The molecule has 0 bridgehead atoms. The van der Waals surface area contributed by atoms with Gasteiger partial charge < -0.3 is 14.7 Å². The van der Waals surface area contributed by atoms with Gasteiger partial charge in [0.2, 0.25) is 11.8 Å². The minimum Gasteiger partial charge on any atom is -0.366 e. The predicted molar refractivity (Wildman–Crippen MR) is 110 cm³/mol. The van der Waals surface area contributed by atoms with Crippen LogP contribution < -0.4 is 4.90 Å². The van der Waals surface area contributed by atoms with Crippen LogP contribution in [0.3, 0.4) is 0 Å². The monoisotopic (exact) mass is 395 g/mol. The van der Waals surface area contributed by atoms with E-state index in [9.17, 15) is 14.0 Å². The molecule has 0 N–H and O–H groups in total. The van der Waals surface area contributed by atoms with Gasteiger partial charge in [-0.2, -0.15) is 0 Å². The van der Waals surface area contributed by atoms with Crippen molar-refractivity contribution in [3.05, 3.63) is 66.0 Å². The zero-order valence-electron chi connectivity index (χ0n) is 16.6. The van der Waals surface area contributed by atoms with Crippen molar-refractivity contribution in [3.8, 4) is 0 Å². The Kier molecular flexibility index (Phi) is 5.51. The van der Waals surface area contributed by atoms with Crippen LogP contribution >= 0.6 is 0 Å². The topological polar surface area (TPSA) is 43.9 Å². The fourth-order valence-electron chi connectivity index (χ4n) is 4.51. The third-order valence-corrected chi connectivity index (χ3v) is 6.10. The smallest absolute Gasteiger partial charge is 0.228 e. The normalized spacial score (nSPS) is 22.7. The Hall–Kier alpha value is -2.89. The predicted octanol–water partition coefficient (Wildman–Crippen LogP) is 3.08. The van der Waals surface area contributed by atoms with Crippen LogP contribution in [0.15, 0.2) is 54.6 Å². The van der Waals surface area contributed by atoms with E-state index in [0.29, 0.717) is 44.7 Å². The number of piperidine rings is 1. The van der Waals surface area contributed by atoms with Crippen LogP contribution in [0.2, 0.25) is 0 Å². The molecule has 4 rings (SSSR count). The summed E-state index contributed by atoms with van der Waals surface area (Å²) in [5, 5.41) is 0. The van der Waals surface area contributed by atoms with Gasteiger partial charge in [-0.05, 0) is 24.1 Å². The fourth-order valence-corrected chi connectivity index (χ4v) is 4.51. The molecule has 2 amide bonds. The number of benzene rings is 2. The maximum absolute atomic E-state index is 14.1. The average molecular weight is 395 g/mol. The van der Waals surface area contributed by atoms with E-state index in [4.69, 9.17) is 0 Å². The number of anilines is 1. The van der Waals surface area contributed by atoms with Crippen molar-refractivity contribution in [2.45, 2.75) is 18.9 Å². The van der Waals surface area contributed by atoms with Crippen LogP contribution in [-0.2, 0) is 9.59 Å². The molecule has 0 saturated carbocycles. The molecule has 6 heteroatoms. The van der Waals surface area contributed by atoms with Gasteiger partial charge in [0.05, 0.1) is 17.6 Å². The van der Waals surface area contributed by atoms with E-state index < -0.39 is 0 Å². The fraction of sp³-hybridized carbons (Fsp3) is 0.391. The van der Waals surface area contributed by atoms with Crippen LogP contribution in [0.1, 0.15) is 24.4 Å². The minimum atomic E-state index is -0.250. The highest BCUT2D eigenvalue weighted by Crippen LogP contribution is 2.37. The molecule has 2 aromatic rings. The van der Waals surface area contributed by atoms with E-state index in [1.54, 1.807) is 24.1 Å². The lowest BCUT2D eigenvalue weighted by atomic mass is 9.83. The standard InChI is InChI=1S/C23H26FN3O2/c1-25-21(28)12-11-18(22(25)17-7-3-2-4-8-17)23(29)27-15-13-26(14-16-27)20-10-6-5-9-19(20)24/h2-10,18,22H,11-16H2,1H3/t18-,22-/m0/s1. The van der Waals surface area contributed by atoms with Gasteiger partial charge in [-0.1, -0.05) is 42.5 Å². The Labute approximate surface area is 170 Å². The third-order valence-electron chi connectivity index (χ3n) is 6.10. The quantitative estimate of drug-likeness (QED) is 0.802. The Morgan fingerprint density at radius 2 is 1.62 bits per heavy atom. The summed E-state index contributed by atoms with van der Waals surface area (Å²) in [5.74, 6) is -0.317. The summed E-state index contributed by atoms with van der Waals surface area (Å²) in [7, 11) is 1.79. The van der Waals surface area contributed by atoms with Crippen LogP contribution in [0.4, 0.5) is 10.1 Å². The number of rotatable bonds is 3. The van der Waals surface area contributed by atoms with Crippen molar-refractivity contribution < 1.29 is 14.0 Å². The zero-order chi connectivity index (χ0) is 20.4. The summed E-state index contributed by atoms with van der Waals surface area (Å²) in [5.41, 5.74) is 1.58. The second-order valence-electron chi connectivity index (χ2n) is 7.77. The molecule has 5 nitrogen and oxygen atoms in total. The summed E-state index contributed by atoms with van der Waals surface area (Å²) >= 11 is 0. The van der Waals surface area contributed by atoms with Crippen molar-refractivity contribution in [1.29, 1.82) is 0 Å². The molecule has 2 aromatic carbocycles. The van der Waals surface area contributed by atoms with Crippen molar-refractivity contribution in [3.63, 3.8) is 0 Å². The highest BCUT2D eigenvalue weighted by molar-refractivity contribution is 5.85. The first-order chi connectivity index (χ1) is 14.1. The summed E-state index contributed by atoms with van der Waals surface area (Å²) in [6.45, 7) is 2.32. The first kappa shape index (κ1) is 19.4. The Morgan fingerprint density at radius 3 is 2.31 bits per heavy atom. The molecule has 29 heavy (non-hydrogen) atoms. The molecule has 0 aromatic heterocycles. The summed E-state index contributed by atoms with van der Waals surface area (Å²) in [6, 6.07) is 16.3. The van der Waals surface area contributed by atoms with E-state index in [0.717, 1.165) is 5.56 Å². The molecule has 0 aliphatic carbocycles.